The lowest BCUT2D eigenvalue weighted by molar-refractivity contribution is 0.660. The molecule has 0 atom stereocenters. The minimum atomic E-state index is -0.0636. The number of nitrogens with zero attached hydrogens (tertiary/aromatic N) is 2. The van der Waals surface area contributed by atoms with Gasteiger partial charge in [-0.15, -0.1) is 0 Å². The van der Waals surface area contributed by atoms with Gasteiger partial charge in [-0.2, -0.15) is 0 Å². The zero-order valence-corrected chi connectivity index (χ0v) is 42.3. The minimum Gasteiger partial charge on any atom is -0.456 e. The lowest BCUT2D eigenvalue weighted by Crippen LogP contribution is -2.15. The van der Waals surface area contributed by atoms with E-state index in [-0.39, 0.29) is 10.8 Å². The van der Waals surface area contributed by atoms with Gasteiger partial charge >= 0.3 is 0 Å². The number of hydrogen-bond donors (Lipinski definition) is 0. The van der Waals surface area contributed by atoms with Gasteiger partial charge < -0.3 is 18.6 Å². The Hall–Kier alpha value is -8.86. The monoisotopic (exact) mass is 952 g/mol. The highest BCUT2D eigenvalue weighted by atomic mass is 16.3. The van der Waals surface area contributed by atoms with Crippen LogP contribution < -0.4 is 9.80 Å². The highest BCUT2D eigenvalue weighted by Gasteiger charge is 2.37. The summed E-state index contributed by atoms with van der Waals surface area (Å²) in [5.74, 6) is 0. The molecule has 0 fully saturated rings. The molecular weight excluding hydrogens is 901 g/mol. The van der Waals surface area contributed by atoms with Gasteiger partial charge in [-0.05, 0) is 188 Å². The molecule has 0 N–H and O–H groups in total. The molecule has 11 aromatic carbocycles. The predicted molar refractivity (Wildman–Crippen MR) is 310 cm³/mol. The predicted octanol–water partition coefficient (Wildman–Crippen LogP) is 20.0. The first-order chi connectivity index (χ1) is 36.0. The number of rotatable bonds is 6. The summed E-state index contributed by atoms with van der Waals surface area (Å²) in [4.78, 5) is 4.82. The second-order valence-electron chi connectivity index (χ2n) is 21.8. The molecule has 0 unspecified atom stereocenters. The number of para-hydroxylation sites is 2. The van der Waals surface area contributed by atoms with Gasteiger partial charge in [0.1, 0.15) is 22.3 Å². The summed E-state index contributed by atoms with van der Waals surface area (Å²) >= 11 is 0. The van der Waals surface area contributed by atoms with E-state index < -0.39 is 0 Å². The molecule has 13 aromatic rings. The van der Waals surface area contributed by atoms with E-state index in [2.05, 4.69) is 258 Å². The Kier molecular flexibility index (Phi) is 8.87. The average molecular weight is 953 g/mol. The summed E-state index contributed by atoms with van der Waals surface area (Å²) in [5.41, 5.74) is 23.1. The number of furan rings is 2. The van der Waals surface area contributed by atoms with Crippen LogP contribution >= 0.6 is 0 Å². The van der Waals surface area contributed by atoms with Crippen molar-refractivity contribution in [1.29, 1.82) is 0 Å². The fourth-order valence-corrected chi connectivity index (χ4v) is 13.1. The van der Waals surface area contributed by atoms with Crippen LogP contribution in [0, 0.1) is 13.8 Å². The van der Waals surface area contributed by atoms with Crippen LogP contribution in [0.2, 0.25) is 0 Å². The molecule has 0 spiro atoms. The summed E-state index contributed by atoms with van der Waals surface area (Å²) in [5, 5.41) is 8.84. The van der Waals surface area contributed by atoms with Crippen LogP contribution in [-0.4, -0.2) is 0 Å². The first-order valence-electron chi connectivity index (χ1n) is 25.9. The van der Waals surface area contributed by atoms with E-state index in [4.69, 9.17) is 8.83 Å². The maximum Gasteiger partial charge on any atom is 0.136 e. The fraction of sp³-hybridized carbons (Fsp3) is 0.114. The third-order valence-corrected chi connectivity index (χ3v) is 16.8. The quantitative estimate of drug-likeness (QED) is 0.166. The molecule has 0 bridgehead atoms. The van der Waals surface area contributed by atoms with Crippen molar-refractivity contribution in [3.05, 3.63) is 240 Å². The van der Waals surface area contributed by atoms with Crippen molar-refractivity contribution in [3.63, 3.8) is 0 Å². The van der Waals surface area contributed by atoms with Crippen LogP contribution in [0.4, 0.5) is 34.1 Å². The first-order valence-corrected chi connectivity index (χ1v) is 25.9. The number of benzene rings is 11. The van der Waals surface area contributed by atoms with Crippen molar-refractivity contribution in [2.24, 2.45) is 0 Å². The summed E-state index contributed by atoms with van der Waals surface area (Å²) in [6.45, 7) is 13.8. The SMILES string of the molecule is Cc1ccccc1N(c1ccc2c(c1)-c1ccccc1C2(C)C)c1ccc2cc3c(cc2c1)oc1ccc2oc4cc5cc(N(c6ccc7c(c6)-c6ccccc6C7(C)C)c6ccccc6C)ccc5cc4c2c13. The molecule has 0 aliphatic heterocycles. The maximum atomic E-state index is 6.80. The fourth-order valence-electron chi connectivity index (χ4n) is 13.1. The molecule has 0 saturated carbocycles. The van der Waals surface area contributed by atoms with E-state index in [9.17, 15) is 0 Å². The van der Waals surface area contributed by atoms with Gasteiger partial charge in [-0.1, -0.05) is 137 Å². The van der Waals surface area contributed by atoms with E-state index in [0.29, 0.717) is 0 Å². The normalized spacial score (nSPS) is 14.0. The second-order valence-corrected chi connectivity index (χ2v) is 21.8. The molecule has 4 heteroatoms. The molecule has 15 rings (SSSR count). The summed E-state index contributed by atoms with van der Waals surface area (Å²) < 4.78 is 13.6. The van der Waals surface area contributed by atoms with E-state index in [1.807, 2.05) is 0 Å². The van der Waals surface area contributed by atoms with Gasteiger partial charge in [0.2, 0.25) is 0 Å². The number of hydrogen-bond acceptors (Lipinski definition) is 4. The van der Waals surface area contributed by atoms with E-state index in [1.54, 1.807) is 0 Å². The molecule has 0 radical (unpaired) electrons. The van der Waals surface area contributed by atoms with Crippen molar-refractivity contribution in [3.8, 4) is 22.3 Å². The van der Waals surface area contributed by atoms with Crippen molar-refractivity contribution in [1.82, 2.24) is 0 Å². The van der Waals surface area contributed by atoms with Gasteiger partial charge in [-0.25, -0.2) is 0 Å². The molecule has 0 saturated heterocycles. The van der Waals surface area contributed by atoms with Gasteiger partial charge in [0.05, 0.1) is 0 Å². The van der Waals surface area contributed by atoms with Crippen LogP contribution in [0.5, 0.6) is 0 Å². The number of anilines is 6. The van der Waals surface area contributed by atoms with Gasteiger partial charge in [0.25, 0.3) is 0 Å². The zero-order valence-electron chi connectivity index (χ0n) is 42.3. The van der Waals surface area contributed by atoms with Crippen molar-refractivity contribution >= 4 is 99.5 Å². The van der Waals surface area contributed by atoms with Crippen LogP contribution in [0.25, 0.3) is 87.7 Å². The Bertz CT molecular complexity index is 4260. The van der Waals surface area contributed by atoms with Crippen molar-refractivity contribution < 1.29 is 8.83 Å². The minimum absolute atomic E-state index is 0.0636. The number of fused-ring (bicyclic) bond motifs is 15. The molecule has 74 heavy (non-hydrogen) atoms. The van der Waals surface area contributed by atoms with Gasteiger partial charge in [0.15, 0.2) is 0 Å². The Morgan fingerprint density at radius 3 is 1.14 bits per heavy atom. The molecule has 0 amide bonds. The standard InChI is InChI=1S/C70H52N2O2/c1-41-15-7-13-21-61(41)71(49-27-29-59-53(39-49)51-17-9-11-19-57(51)69(59,3)4)47-25-23-43-35-55-65(37-45(43)33-47)73-63-31-32-64-68(67(55)63)56-36-44-24-26-48(34-46(44)38-66(56)74-64)72(62-22-14-8-16-42(62)2)50-28-30-60-54(40-50)52-18-10-12-20-58(52)70(60,5)6/h7-40H,1-6H3. The molecule has 2 aliphatic rings. The molecule has 2 aliphatic carbocycles. The lowest BCUT2D eigenvalue weighted by Gasteiger charge is -2.28. The molecular formula is C70H52N2O2. The van der Waals surface area contributed by atoms with Crippen molar-refractivity contribution in [2.45, 2.75) is 52.4 Å². The maximum absolute atomic E-state index is 6.80. The molecule has 354 valence electrons. The van der Waals surface area contributed by atoms with Gasteiger partial charge in [0, 0.05) is 66.5 Å². The van der Waals surface area contributed by atoms with Crippen LogP contribution in [-0.2, 0) is 10.8 Å². The van der Waals surface area contributed by atoms with Crippen molar-refractivity contribution in [2.75, 3.05) is 9.80 Å². The van der Waals surface area contributed by atoms with Crippen LogP contribution in [0.1, 0.15) is 61.1 Å². The summed E-state index contributed by atoms with van der Waals surface area (Å²) in [7, 11) is 0. The third-order valence-electron chi connectivity index (χ3n) is 16.8. The Balaban J connectivity index is 0.844. The molecule has 2 heterocycles. The Morgan fingerprint density at radius 1 is 0.311 bits per heavy atom. The summed E-state index contributed by atoms with van der Waals surface area (Å²) in [6.07, 6.45) is 0. The second kappa shape index (κ2) is 15.3. The lowest BCUT2D eigenvalue weighted by atomic mass is 9.82. The van der Waals surface area contributed by atoms with Crippen LogP contribution in [0.3, 0.4) is 0 Å². The largest absolute Gasteiger partial charge is 0.456 e. The topological polar surface area (TPSA) is 32.8 Å². The third kappa shape index (κ3) is 6.09. The Morgan fingerprint density at radius 2 is 0.689 bits per heavy atom. The molecule has 4 nitrogen and oxygen atoms in total. The van der Waals surface area contributed by atoms with Crippen LogP contribution in [0.15, 0.2) is 215 Å². The van der Waals surface area contributed by atoms with E-state index in [1.165, 1.54) is 55.6 Å². The number of aryl methyl sites for hydroxylation is 2. The highest BCUT2D eigenvalue weighted by molar-refractivity contribution is 6.28. The van der Waals surface area contributed by atoms with Gasteiger partial charge in [-0.3, -0.25) is 0 Å². The smallest absolute Gasteiger partial charge is 0.136 e. The first kappa shape index (κ1) is 42.8. The van der Waals surface area contributed by atoms with E-state index in [0.717, 1.165) is 99.5 Å². The molecule has 2 aromatic heterocycles. The highest BCUT2D eigenvalue weighted by Crippen LogP contribution is 2.53. The average Bonchev–Trinajstić information content (AvgIpc) is 4.10. The summed E-state index contributed by atoms with van der Waals surface area (Å²) in [6, 6.07) is 76.0. The Labute approximate surface area is 430 Å². The zero-order chi connectivity index (χ0) is 49.8. The van der Waals surface area contributed by atoms with E-state index >= 15 is 0 Å².